The molecule has 2 nitrogen and oxygen atoms in total. The van der Waals surface area contributed by atoms with Crippen molar-refractivity contribution >= 4 is 22.5 Å². The lowest BCUT2D eigenvalue weighted by molar-refractivity contribution is 1.43. The lowest BCUT2D eigenvalue weighted by atomic mass is 10.2. The van der Waals surface area contributed by atoms with Gasteiger partial charge in [0, 0.05) is 25.3 Å². The Kier molecular flexibility index (Phi) is 13.3. The molecule has 0 unspecified atom stereocenters. The van der Waals surface area contributed by atoms with Gasteiger partial charge in [0.25, 0.3) is 0 Å². The molecule has 0 atom stereocenters. The molecular weight excluding hydrogens is 304 g/mol. The zero-order valence-corrected chi connectivity index (χ0v) is 14.6. The van der Waals surface area contributed by atoms with Gasteiger partial charge in [-0.25, -0.2) is 0 Å². The van der Waals surface area contributed by atoms with E-state index in [1.54, 1.807) is 7.05 Å². The summed E-state index contributed by atoms with van der Waals surface area (Å²) in [4.78, 5) is 3.91. The van der Waals surface area contributed by atoms with E-state index in [0.29, 0.717) is 5.17 Å². The average Bonchev–Trinajstić information content (AvgIpc) is 3.54. The Hall–Kier alpha value is -2.24. The van der Waals surface area contributed by atoms with Crippen LogP contribution in [0, 0.1) is 12.8 Å². The van der Waals surface area contributed by atoms with Crippen molar-refractivity contribution in [3.8, 4) is 12.8 Å². The lowest BCUT2D eigenvalue weighted by Gasteiger charge is -2.05. The zero-order valence-electron chi connectivity index (χ0n) is 13.9. The van der Waals surface area contributed by atoms with Gasteiger partial charge in [0.05, 0.1) is 0 Å². The molecule has 1 aliphatic rings. The summed E-state index contributed by atoms with van der Waals surface area (Å²) >= 11 is 5.88. The number of halogens is 1. The first kappa shape index (κ1) is 20.8. The standard InChI is InChI=1S/C9H11ClN2.C6H6.C3H6.C2H2/c1-11-8-6-4-3-5-7(8)9(10)12-2;1-2-4-6-5-3-1;1-2-3-1;1-2/h3-6,11H,1-2H3;1-6H;1-3H2;1-2H. The average molecular weight is 329 g/mol. The molecule has 2 aromatic carbocycles. The van der Waals surface area contributed by atoms with E-state index < -0.39 is 0 Å². The molecule has 0 saturated heterocycles. The number of aliphatic imine (C=N–C) groups is 1. The van der Waals surface area contributed by atoms with Crippen LogP contribution in [0.3, 0.4) is 0 Å². The maximum atomic E-state index is 5.88. The maximum absolute atomic E-state index is 5.88. The van der Waals surface area contributed by atoms with Gasteiger partial charge in [-0.05, 0) is 12.1 Å². The van der Waals surface area contributed by atoms with Crippen molar-refractivity contribution in [1.82, 2.24) is 0 Å². The number of anilines is 1. The SMILES string of the molecule is C#C.C1CC1.CN=C(Cl)c1ccccc1NC.c1ccccc1. The van der Waals surface area contributed by atoms with Crippen LogP contribution >= 0.6 is 11.6 Å². The molecule has 0 radical (unpaired) electrons. The summed E-state index contributed by atoms with van der Waals surface area (Å²) in [7, 11) is 3.54. The third-order valence-corrected chi connectivity index (χ3v) is 3.01. The van der Waals surface area contributed by atoms with Crippen LogP contribution in [0.4, 0.5) is 5.69 Å². The lowest BCUT2D eigenvalue weighted by Crippen LogP contribution is -1.98. The van der Waals surface area contributed by atoms with E-state index in [2.05, 4.69) is 23.2 Å². The second-order valence-corrected chi connectivity index (χ2v) is 4.88. The van der Waals surface area contributed by atoms with Gasteiger partial charge in [0.1, 0.15) is 5.17 Å². The van der Waals surface area contributed by atoms with E-state index in [-0.39, 0.29) is 0 Å². The zero-order chi connectivity index (χ0) is 17.3. The van der Waals surface area contributed by atoms with E-state index >= 15 is 0 Å². The fraction of sp³-hybridized carbons (Fsp3) is 0.250. The molecule has 122 valence electrons. The first-order valence-electron chi connectivity index (χ1n) is 7.52. The molecule has 3 heteroatoms. The van der Waals surface area contributed by atoms with Crippen LogP contribution in [0.5, 0.6) is 0 Å². The van der Waals surface area contributed by atoms with Crippen molar-refractivity contribution in [1.29, 1.82) is 0 Å². The molecule has 0 heterocycles. The molecule has 0 bridgehead atoms. The summed E-state index contributed by atoms with van der Waals surface area (Å²) in [6.07, 6.45) is 12.5. The number of nitrogens with zero attached hydrogens (tertiary/aromatic N) is 1. The molecule has 1 fully saturated rings. The van der Waals surface area contributed by atoms with Gasteiger partial charge in [0.2, 0.25) is 0 Å². The predicted octanol–water partition coefficient (Wildman–Crippen LogP) is 5.45. The molecule has 0 spiro atoms. The maximum Gasteiger partial charge on any atom is 0.132 e. The molecule has 0 aliphatic heterocycles. The summed E-state index contributed by atoms with van der Waals surface area (Å²) in [5.41, 5.74) is 1.93. The van der Waals surface area contributed by atoms with Gasteiger partial charge in [-0.15, -0.1) is 12.8 Å². The fourth-order valence-corrected chi connectivity index (χ4v) is 1.55. The summed E-state index contributed by atoms with van der Waals surface area (Å²) in [5.74, 6) is 0. The Bertz CT molecular complexity index is 531. The van der Waals surface area contributed by atoms with E-state index in [9.17, 15) is 0 Å². The first-order chi connectivity index (χ1) is 11.3. The monoisotopic (exact) mass is 328 g/mol. The normalized spacial score (nSPS) is 11.3. The van der Waals surface area contributed by atoms with Crippen molar-refractivity contribution in [2.75, 3.05) is 19.4 Å². The second kappa shape index (κ2) is 14.7. The van der Waals surface area contributed by atoms with Gasteiger partial charge >= 0.3 is 0 Å². The smallest absolute Gasteiger partial charge is 0.132 e. The van der Waals surface area contributed by atoms with Crippen LogP contribution in [0.1, 0.15) is 24.8 Å². The molecule has 1 N–H and O–H groups in total. The van der Waals surface area contributed by atoms with Crippen LogP contribution < -0.4 is 5.32 Å². The van der Waals surface area contributed by atoms with Crippen molar-refractivity contribution in [2.45, 2.75) is 19.3 Å². The Morgan fingerprint density at radius 1 is 0.913 bits per heavy atom. The van der Waals surface area contributed by atoms with Crippen LogP contribution in [0.15, 0.2) is 65.7 Å². The van der Waals surface area contributed by atoms with Crippen molar-refractivity contribution in [2.24, 2.45) is 4.99 Å². The van der Waals surface area contributed by atoms with Crippen LogP contribution in [0.2, 0.25) is 0 Å². The molecular formula is C20H25ClN2. The van der Waals surface area contributed by atoms with Gasteiger partial charge in [0.15, 0.2) is 0 Å². The molecule has 1 saturated carbocycles. The van der Waals surface area contributed by atoms with E-state index in [0.717, 1.165) is 11.3 Å². The van der Waals surface area contributed by atoms with Crippen LogP contribution in [-0.4, -0.2) is 19.3 Å². The summed E-state index contributed by atoms with van der Waals surface area (Å²) in [6, 6.07) is 19.8. The summed E-state index contributed by atoms with van der Waals surface area (Å²) in [6.45, 7) is 0. The Labute approximate surface area is 145 Å². The molecule has 0 aromatic heterocycles. The van der Waals surface area contributed by atoms with E-state index in [1.165, 1.54) is 19.3 Å². The van der Waals surface area contributed by atoms with Crippen molar-refractivity contribution in [3.63, 3.8) is 0 Å². The number of rotatable bonds is 2. The minimum Gasteiger partial charge on any atom is -0.388 e. The Morgan fingerprint density at radius 2 is 1.35 bits per heavy atom. The fourth-order valence-electron chi connectivity index (χ4n) is 1.39. The number of terminal acetylenes is 1. The Balaban J connectivity index is 0.000000361. The number of hydrogen-bond donors (Lipinski definition) is 1. The van der Waals surface area contributed by atoms with Crippen molar-refractivity contribution < 1.29 is 0 Å². The summed E-state index contributed by atoms with van der Waals surface area (Å²) < 4.78 is 0. The number of nitrogens with one attached hydrogen (secondary N) is 1. The summed E-state index contributed by atoms with van der Waals surface area (Å²) in [5, 5.41) is 3.57. The molecule has 1 aliphatic carbocycles. The third kappa shape index (κ3) is 11.0. The van der Waals surface area contributed by atoms with E-state index in [4.69, 9.17) is 11.6 Å². The van der Waals surface area contributed by atoms with Gasteiger partial charge in [-0.2, -0.15) is 0 Å². The highest BCUT2D eigenvalue weighted by atomic mass is 35.5. The quantitative estimate of drug-likeness (QED) is 0.575. The second-order valence-electron chi connectivity index (χ2n) is 4.53. The molecule has 2 aromatic rings. The minimum absolute atomic E-state index is 0.528. The number of para-hydroxylation sites is 1. The largest absolute Gasteiger partial charge is 0.388 e. The van der Waals surface area contributed by atoms with E-state index in [1.807, 2.05) is 67.7 Å². The highest BCUT2D eigenvalue weighted by molar-refractivity contribution is 6.70. The first-order valence-corrected chi connectivity index (χ1v) is 7.90. The Morgan fingerprint density at radius 3 is 1.70 bits per heavy atom. The highest BCUT2D eigenvalue weighted by Gasteiger charge is 2.02. The van der Waals surface area contributed by atoms with Gasteiger partial charge in [-0.3, -0.25) is 4.99 Å². The van der Waals surface area contributed by atoms with Crippen LogP contribution in [-0.2, 0) is 0 Å². The van der Waals surface area contributed by atoms with Crippen molar-refractivity contribution in [3.05, 3.63) is 66.2 Å². The molecule has 23 heavy (non-hydrogen) atoms. The van der Waals surface area contributed by atoms with Crippen LogP contribution in [0.25, 0.3) is 0 Å². The molecule has 3 rings (SSSR count). The third-order valence-electron chi connectivity index (χ3n) is 2.64. The molecule has 0 amide bonds. The number of hydrogen-bond acceptors (Lipinski definition) is 2. The topological polar surface area (TPSA) is 24.4 Å². The van der Waals surface area contributed by atoms with Gasteiger partial charge < -0.3 is 5.32 Å². The predicted molar refractivity (Wildman–Crippen MR) is 104 cm³/mol. The minimum atomic E-state index is 0.528. The number of benzene rings is 2. The van der Waals surface area contributed by atoms with Gasteiger partial charge in [-0.1, -0.05) is 79.4 Å². The highest BCUT2D eigenvalue weighted by Crippen LogP contribution is 2.16.